The first-order valence-corrected chi connectivity index (χ1v) is 22.0. The van der Waals surface area contributed by atoms with Crippen molar-refractivity contribution in [2.24, 2.45) is 4.99 Å². The van der Waals surface area contributed by atoms with Gasteiger partial charge in [0.15, 0.2) is 0 Å². The molecule has 0 aliphatic carbocycles. The molecular formula is C49H69N7O10. The summed E-state index contributed by atoms with van der Waals surface area (Å²) in [5.41, 5.74) is -1.72. The standard InChI is InChI=1S/C49H69N7O10/c1-46(2,3)63-42(57)53-39(50)34-22-26-37(27-23-34)61-32-18-16-30-55(44(59)65-48(7,8)9)41(52-36-20-14-13-15-21-36)56(45(60)66-49(10,11)12)31-17-19-33-62-38-28-24-35(25-29-38)40(51)54-43(58)64-47(4,5)6/h13-15,20-29H,16-19,30-33H2,1-12H3,(H2,50,53,57)(H2,51,54,58). The maximum Gasteiger partial charge on any atom is 0.417 e. The molecule has 0 aliphatic rings. The smallest absolute Gasteiger partial charge is 0.417 e. The first-order chi connectivity index (χ1) is 30.7. The number of carbonyl (C=O) groups is 4. The average molecular weight is 916 g/mol. The number of benzene rings is 3. The molecule has 0 saturated heterocycles. The number of aliphatic imine (C=N–C) groups is 1. The SMILES string of the molecule is CC(C)(C)OC(=O)NC(=N)c1ccc(OCCCCN(C(=O)OC(C)(C)C)C(=Nc2ccccc2)N(CCCCOc2ccc(C(=N)NC(=O)OC(C)(C)C)cc2)C(=O)OC(C)(C)C)cc1. The quantitative estimate of drug-likeness (QED) is 0.0490. The van der Waals surface area contributed by atoms with Gasteiger partial charge in [-0.1, -0.05) is 18.2 Å². The van der Waals surface area contributed by atoms with Crippen LogP contribution in [0.15, 0.2) is 83.9 Å². The first-order valence-electron chi connectivity index (χ1n) is 22.0. The maximum absolute atomic E-state index is 14.1. The van der Waals surface area contributed by atoms with Crippen LogP contribution in [0, 0.1) is 10.8 Å². The molecule has 0 bridgehead atoms. The number of amides is 4. The van der Waals surface area contributed by atoms with Crippen LogP contribution in [0.25, 0.3) is 0 Å². The lowest BCUT2D eigenvalue weighted by atomic mass is 10.2. The predicted octanol–water partition coefficient (Wildman–Crippen LogP) is 10.6. The fourth-order valence-corrected chi connectivity index (χ4v) is 5.58. The van der Waals surface area contributed by atoms with Crippen LogP contribution >= 0.6 is 0 Å². The van der Waals surface area contributed by atoms with Crippen LogP contribution in [0.1, 0.15) is 120 Å². The third kappa shape index (κ3) is 20.9. The van der Waals surface area contributed by atoms with Crippen molar-refractivity contribution in [2.45, 2.75) is 131 Å². The molecule has 0 fully saturated rings. The molecule has 0 heterocycles. The number of carbonyl (C=O) groups excluding carboxylic acids is 4. The van der Waals surface area contributed by atoms with Gasteiger partial charge in [-0.25, -0.2) is 34.0 Å². The fourth-order valence-electron chi connectivity index (χ4n) is 5.58. The average Bonchev–Trinajstić information content (AvgIpc) is 3.18. The molecule has 17 heteroatoms. The number of unbranched alkanes of at least 4 members (excludes halogenated alkanes) is 2. The second-order valence-electron chi connectivity index (χ2n) is 19.2. The highest BCUT2D eigenvalue weighted by molar-refractivity contribution is 6.05. The zero-order valence-corrected chi connectivity index (χ0v) is 40.6. The van der Waals surface area contributed by atoms with E-state index in [9.17, 15) is 19.2 Å². The van der Waals surface area contributed by atoms with Gasteiger partial charge >= 0.3 is 24.4 Å². The van der Waals surface area contributed by atoms with Crippen LogP contribution in [0.5, 0.6) is 11.5 Å². The molecule has 0 atom stereocenters. The Labute approximate surface area is 389 Å². The summed E-state index contributed by atoms with van der Waals surface area (Å²) in [7, 11) is 0. The highest BCUT2D eigenvalue weighted by Crippen LogP contribution is 2.22. The number of alkyl carbamates (subject to hydrolysis) is 2. The fraction of sp³-hybridized carbons (Fsp3) is 0.490. The van der Waals surface area contributed by atoms with Gasteiger partial charge < -0.3 is 28.4 Å². The monoisotopic (exact) mass is 916 g/mol. The summed E-state index contributed by atoms with van der Waals surface area (Å²) in [6, 6.07) is 22.4. The number of hydrogen-bond donors (Lipinski definition) is 4. The highest BCUT2D eigenvalue weighted by Gasteiger charge is 2.34. The number of ether oxygens (including phenoxy) is 6. The van der Waals surface area contributed by atoms with Gasteiger partial charge in [-0.15, -0.1) is 0 Å². The molecule has 0 saturated carbocycles. The number of nitrogens with one attached hydrogen (secondary N) is 4. The van der Waals surface area contributed by atoms with E-state index in [1.807, 2.05) is 6.07 Å². The van der Waals surface area contributed by atoms with Crippen molar-refractivity contribution in [3.05, 3.63) is 90.0 Å². The number of para-hydroxylation sites is 1. The van der Waals surface area contributed by atoms with Crippen LogP contribution in [0.2, 0.25) is 0 Å². The molecule has 0 radical (unpaired) electrons. The molecule has 3 rings (SSSR count). The Morgan fingerprint density at radius 2 is 0.848 bits per heavy atom. The summed E-state index contributed by atoms with van der Waals surface area (Å²) in [4.78, 5) is 60.1. The molecule has 66 heavy (non-hydrogen) atoms. The van der Waals surface area contributed by atoms with Crippen molar-refractivity contribution in [3.8, 4) is 11.5 Å². The van der Waals surface area contributed by atoms with Gasteiger partial charge in [0.05, 0.1) is 18.9 Å². The van der Waals surface area contributed by atoms with Crippen LogP contribution in [0.3, 0.4) is 0 Å². The van der Waals surface area contributed by atoms with E-state index in [0.717, 1.165) is 0 Å². The lowest BCUT2D eigenvalue weighted by Gasteiger charge is -2.34. The summed E-state index contributed by atoms with van der Waals surface area (Å²) in [5, 5.41) is 21.3. The van der Waals surface area contributed by atoms with Crippen molar-refractivity contribution in [3.63, 3.8) is 0 Å². The summed E-state index contributed by atoms with van der Waals surface area (Å²) in [6.07, 6.45) is -0.981. The van der Waals surface area contributed by atoms with Crippen LogP contribution < -0.4 is 20.1 Å². The number of hydrogen-bond acceptors (Lipinski definition) is 13. The minimum Gasteiger partial charge on any atom is -0.494 e. The third-order valence-corrected chi connectivity index (χ3v) is 8.32. The van der Waals surface area contributed by atoms with E-state index in [4.69, 9.17) is 44.2 Å². The number of rotatable bonds is 15. The second-order valence-corrected chi connectivity index (χ2v) is 19.2. The van der Waals surface area contributed by atoms with Gasteiger partial charge in [0.2, 0.25) is 5.96 Å². The van der Waals surface area contributed by atoms with Crippen molar-refractivity contribution < 1.29 is 47.6 Å². The predicted molar refractivity (Wildman–Crippen MR) is 254 cm³/mol. The van der Waals surface area contributed by atoms with Crippen LogP contribution in [0.4, 0.5) is 24.9 Å². The molecule has 3 aromatic rings. The first kappa shape index (κ1) is 53.7. The zero-order chi connectivity index (χ0) is 49.3. The lowest BCUT2D eigenvalue weighted by molar-refractivity contribution is 0.0271. The van der Waals surface area contributed by atoms with E-state index in [-0.39, 0.29) is 43.9 Å². The second kappa shape index (κ2) is 24.0. The van der Waals surface area contributed by atoms with Gasteiger partial charge in [-0.05, 0) is 169 Å². The topological polar surface area (TPSA) is 214 Å². The van der Waals surface area contributed by atoms with E-state index >= 15 is 0 Å². The minimum atomic E-state index is -0.873. The van der Waals surface area contributed by atoms with Crippen molar-refractivity contribution >= 4 is 47.7 Å². The summed E-state index contributed by atoms with van der Waals surface area (Å²) in [5.74, 6) is 0.895. The molecule has 0 aromatic heterocycles. The Morgan fingerprint density at radius 3 is 1.18 bits per heavy atom. The van der Waals surface area contributed by atoms with Gasteiger partial charge in [0.1, 0.15) is 45.6 Å². The summed E-state index contributed by atoms with van der Waals surface area (Å²) < 4.78 is 34.2. The minimum absolute atomic E-state index is 0.0302. The van der Waals surface area contributed by atoms with Crippen LogP contribution in [-0.4, -0.2) is 101 Å². The van der Waals surface area contributed by atoms with Crippen molar-refractivity contribution in [1.29, 1.82) is 10.8 Å². The molecule has 360 valence electrons. The summed E-state index contributed by atoms with van der Waals surface area (Å²) in [6.45, 7) is 21.8. The third-order valence-electron chi connectivity index (χ3n) is 8.32. The molecule has 0 unspecified atom stereocenters. The molecule has 3 aromatic carbocycles. The van der Waals surface area contributed by atoms with Gasteiger partial charge in [0.25, 0.3) is 0 Å². The lowest BCUT2D eigenvalue weighted by Crippen LogP contribution is -2.52. The molecule has 17 nitrogen and oxygen atoms in total. The Bertz CT molecular complexity index is 1990. The van der Waals surface area contributed by atoms with Crippen molar-refractivity contribution in [1.82, 2.24) is 20.4 Å². The Balaban J connectivity index is 1.77. The van der Waals surface area contributed by atoms with Gasteiger partial charge in [-0.2, -0.15) is 0 Å². The number of guanidine groups is 1. The molecule has 0 spiro atoms. The zero-order valence-electron chi connectivity index (χ0n) is 40.6. The largest absolute Gasteiger partial charge is 0.494 e. The summed E-state index contributed by atoms with van der Waals surface area (Å²) >= 11 is 0. The Morgan fingerprint density at radius 1 is 0.500 bits per heavy atom. The Hall–Kier alpha value is -6.65. The molecular weight excluding hydrogens is 847 g/mol. The molecule has 0 aliphatic heterocycles. The van der Waals surface area contributed by atoms with Gasteiger partial charge in [-0.3, -0.25) is 21.5 Å². The van der Waals surface area contributed by atoms with E-state index in [1.165, 1.54) is 9.80 Å². The Kier molecular flexibility index (Phi) is 19.6. The van der Waals surface area contributed by atoms with E-state index in [2.05, 4.69) is 10.6 Å². The number of amidine groups is 2. The molecule has 4 amide bonds. The van der Waals surface area contributed by atoms with E-state index in [0.29, 0.717) is 54.0 Å². The van der Waals surface area contributed by atoms with E-state index in [1.54, 1.807) is 156 Å². The highest BCUT2D eigenvalue weighted by atomic mass is 16.6. The number of nitrogens with zero attached hydrogens (tertiary/aromatic N) is 3. The molecule has 4 N–H and O–H groups in total. The normalized spacial score (nSPS) is 11.6. The van der Waals surface area contributed by atoms with Gasteiger partial charge in [0, 0.05) is 24.2 Å². The van der Waals surface area contributed by atoms with Crippen LogP contribution in [-0.2, 0) is 18.9 Å². The maximum atomic E-state index is 14.1. The van der Waals surface area contributed by atoms with Crippen molar-refractivity contribution in [2.75, 3.05) is 26.3 Å². The van der Waals surface area contributed by atoms with E-state index < -0.39 is 46.8 Å².